The van der Waals surface area contributed by atoms with E-state index < -0.39 is 0 Å². The van der Waals surface area contributed by atoms with Crippen LogP contribution in [0.5, 0.6) is 11.5 Å². The molecule has 0 aliphatic carbocycles. The molecule has 1 aromatic rings. The van der Waals surface area contributed by atoms with E-state index in [4.69, 9.17) is 9.47 Å². The largest absolute Gasteiger partial charge is 0.423 e. The number of hydrogen-bond donors (Lipinski definition) is 0. The van der Waals surface area contributed by atoms with Crippen LogP contribution in [0.25, 0.3) is 0 Å². The van der Waals surface area contributed by atoms with Crippen molar-refractivity contribution in [1.29, 1.82) is 0 Å². The van der Waals surface area contributed by atoms with E-state index in [2.05, 4.69) is 0 Å². The summed E-state index contributed by atoms with van der Waals surface area (Å²) in [7, 11) is 0. The van der Waals surface area contributed by atoms with Gasteiger partial charge in [-0.15, -0.1) is 0 Å². The Hall–Kier alpha value is -1.84. The van der Waals surface area contributed by atoms with Gasteiger partial charge >= 0.3 is 11.9 Å². The summed E-state index contributed by atoms with van der Waals surface area (Å²) in [5.74, 6) is 0.149. The van der Waals surface area contributed by atoms with Crippen LogP contribution in [0.3, 0.4) is 0 Å². The number of aryl methyl sites for hydroxylation is 1. The predicted molar refractivity (Wildman–Crippen MR) is 86.1 cm³/mol. The van der Waals surface area contributed by atoms with Gasteiger partial charge in [0.1, 0.15) is 0 Å². The Kier molecular flexibility index (Phi) is 8.26. The molecule has 0 saturated heterocycles. The molecule has 0 heterocycles. The summed E-state index contributed by atoms with van der Waals surface area (Å²) in [6.07, 6.45) is 4.90. The Morgan fingerprint density at radius 1 is 0.909 bits per heavy atom. The summed E-state index contributed by atoms with van der Waals surface area (Å²) in [6.45, 7) is 6.02. The SMILES string of the molecule is CCCCC(=O)Oc1cccc(CC)c1OC(=O)CCCC. The van der Waals surface area contributed by atoms with Crippen molar-refractivity contribution in [3.63, 3.8) is 0 Å². The molecule has 1 aromatic carbocycles. The molecule has 122 valence electrons. The molecule has 0 fully saturated rings. The smallest absolute Gasteiger partial charge is 0.311 e. The molecule has 0 radical (unpaired) electrons. The van der Waals surface area contributed by atoms with Crippen molar-refractivity contribution in [2.24, 2.45) is 0 Å². The number of para-hydroxylation sites is 1. The van der Waals surface area contributed by atoms with Gasteiger partial charge in [-0.25, -0.2) is 0 Å². The molecule has 0 amide bonds. The molecule has 0 aliphatic rings. The summed E-state index contributed by atoms with van der Waals surface area (Å²) < 4.78 is 10.8. The molecule has 4 heteroatoms. The Morgan fingerprint density at radius 2 is 1.50 bits per heavy atom. The second kappa shape index (κ2) is 9.98. The van der Waals surface area contributed by atoms with Crippen molar-refractivity contribution in [3.05, 3.63) is 23.8 Å². The average molecular weight is 306 g/mol. The second-order valence-corrected chi connectivity index (χ2v) is 5.25. The lowest BCUT2D eigenvalue weighted by Gasteiger charge is -2.13. The number of unbranched alkanes of at least 4 members (excludes halogenated alkanes) is 2. The van der Waals surface area contributed by atoms with Crippen LogP contribution < -0.4 is 9.47 Å². The van der Waals surface area contributed by atoms with Gasteiger partial charge in [0.15, 0.2) is 11.5 Å². The summed E-state index contributed by atoms with van der Waals surface area (Å²) in [5.41, 5.74) is 0.866. The van der Waals surface area contributed by atoms with Crippen LogP contribution in [0, 0.1) is 0 Å². The molecule has 0 spiro atoms. The van der Waals surface area contributed by atoms with E-state index in [-0.39, 0.29) is 11.9 Å². The highest BCUT2D eigenvalue weighted by Gasteiger charge is 2.16. The van der Waals surface area contributed by atoms with Crippen LogP contribution >= 0.6 is 0 Å². The number of carbonyl (C=O) groups is 2. The van der Waals surface area contributed by atoms with Gasteiger partial charge in [-0.2, -0.15) is 0 Å². The molecule has 0 N–H and O–H groups in total. The fourth-order valence-corrected chi connectivity index (χ4v) is 2.02. The van der Waals surface area contributed by atoms with E-state index in [1.54, 1.807) is 6.07 Å². The van der Waals surface area contributed by atoms with Crippen LogP contribution in [-0.4, -0.2) is 11.9 Å². The summed E-state index contributed by atoms with van der Waals surface area (Å²) in [5, 5.41) is 0. The lowest BCUT2D eigenvalue weighted by molar-refractivity contribution is -0.137. The Morgan fingerprint density at radius 3 is 2.05 bits per heavy atom. The summed E-state index contributed by atoms with van der Waals surface area (Å²) in [6, 6.07) is 5.36. The third kappa shape index (κ3) is 5.88. The molecule has 4 nitrogen and oxygen atoms in total. The normalized spacial score (nSPS) is 10.3. The first-order valence-corrected chi connectivity index (χ1v) is 8.15. The van der Waals surface area contributed by atoms with E-state index in [0.717, 1.165) is 31.2 Å². The zero-order valence-corrected chi connectivity index (χ0v) is 13.8. The van der Waals surface area contributed by atoms with E-state index in [0.29, 0.717) is 30.8 Å². The van der Waals surface area contributed by atoms with Crippen molar-refractivity contribution in [2.45, 2.75) is 65.7 Å². The van der Waals surface area contributed by atoms with Crippen molar-refractivity contribution in [3.8, 4) is 11.5 Å². The minimum Gasteiger partial charge on any atom is -0.423 e. The van der Waals surface area contributed by atoms with Crippen molar-refractivity contribution in [1.82, 2.24) is 0 Å². The van der Waals surface area contributed by atoms with E-state index >= 15 is 0 Å². The zero-order valence-electron chi connectivity index (χ0n) is 13.8. The lowest BCUT2D eigenvalue weighted by atomic mass is 10.1. The molecule has 0 aromatic heterocycles. The Balaban J connectivity index is 2.87. The third-order valence-corrected chi connectivity index (χ3v) is 3.35. The highest BCUT2D eigenvalue weighted by molar-refractivity contribution is 5.76. The maximum atomic E-state index is 11.9. The fraction of sp³-hybridized carbons (Fsp3) is 0.556. The number of benzene rings is 1. The van der Waals surface area contributed by atoms with Gasteiger partial charge in [0.25, 0.3) is 0 Å². The Bertz CT molecular complexity index is 494. The number of esters is 2. The standard InChI is InChI=1S/C18H26O4/c1-4-7-12-16(19)21-15-11-9-10-14(6-3)18(15)22-17(20)13-8-5-2/h9-11H,4-8,12-13H2,1-3H3. The van der Waals surface area contributed by atoms with Gasteiger partial charge in [0.05, 0.1) is 0 Å². The maximum Gasteiger partial charge on any atom is 0.311 e. The molecule has 0 aliphatic heterocycles. The summed E-state index contributed by atoms with van der Waals surface area (Å²) >= 11 is 0. The van der Waals surface area contributed by atoms with Crippen LogP contribution in [0.1, 0.15) is 64.9 Å². The van der Waals surface area contributed by atoms with Gasteiger partial charge < -0.3 is 9.47 Å². The van der Waals surface area contributed by atoms with E-state index in [1.165, 1.54) is 0 Å². The van der Waals surface area contributed by atoms with Crippen LogP contribution in [0.15, 0.2) is 18.2 Å². The second-order valence-electron chi connectivity index (χ2n) is 5.25. The quantitative estimate of drug-likeness (QED) is 0.500. The van der Waals surface area contributed by atoms with Gasteiger partial charge in [0, 0.05) is 12.8 Å². The highest BCUT2D eigenvalue weighted by Crippen LogP contribution is 2.32. The molecule has 0 atom stereocenters. The van der Waals surface area contributed by atoms with Crippen LogP contribution in [-0.2, 0) is 16.0 Å². The molecular formula is C18H26O4. The van der Waals surface area contributed by atoms with E-state index in [9.17, 15) is 9.59 Å². The van der Waals surface area contributed by atoms with Gasteiger partial charge in [0.2, 0.25) is 0 Å². The molecule has 0 saturated carbocycles. The maximum absolute atomic E-state index is 11.9. The zero-order chi connectivity index (χ0) is 16.4. The summed E-state index contributed by atoms with van der Waals surface area (Å²) in [4.78, 5) is 23.7. The molecule has 0 bridgehead atoms. The van der Waals surface area contributed by atoms with Crippen molar-refractivity contribution in [2.75, 3.05) is 0 Å². The minimum absolute atomic E-state index is 0.284. The first-order valence-electron chi connectivity index (χ1n) is 8.15. The molecule has 1 rings (SSSR count). The highest BCUT2D eigenvalue weighted by atomic mass is 16.6. The van der Waals surface area contributed by atoms with Gasteiger partial charge in [-0.05, 0) is 30.9 Å². The molecule has 0 unspecified atom stereocenters. The number of hydrogen-bond acceptors (Lipinski definition) is 4. The van der Waals surface area contributed by atoms with Gasteiger partial charge in [-0.3, -0.25) is 9.59 Å². The predicted octanol–water partition coefficient (Wildman–Crippen LogP) is 4.44. The first kappa shape index (κ1) is 18.2. The number of ether oxygens (including phenoxy) is 2. The lowest BCUT2D eigenvalue weighted by Crippen LogP contribution is -2.13. The molecule has 22 heavy (non-hydrogen) atoms. The third-order valence-electron chi connectivity index (χ3n) is 3.35. The molecular weight excluding hydrogens is 280 g/mol. The van der Waals surface area contributed by atoms with Gasteiger partial charge in [-0.1, -0.05) is 45.7 Å². The number of carbonyl (C=O) groups excluding carboxylic acids is 2. The first-order chi connectivity index (χ1) is 10.6. The van der Waals surface area contributed by atoms with Crippen LogP contribution in [0.4, 0.5) is 0 Å². The number of rotatable bonds is 9. The van der Waals surface area contributed by atoms with Crippen molar-refractivity contribution < 1.29 is 19.1 Å². The van der Waals surface area contributed by atoms with Crippen molar-refractivity contribution >= 4 is 11.9 Å². The minimum atomic E-state index is -0.291. The van der Waals surface area contributed by atoms with E-state index in [1.807, 2.05) is 32.9 Å². The average Bonchev–Trinajstić information content (AvgIpc) is 2.52. The fourth-order valence-electron chi connectivity index (χ4n) is 2.02. The topological polar surface area (TPSA) is 52.6 Å². The van der Waals surface area contributed by atoms with Crippen LogP contribution in [0.2, 0.25) is 0 Å². The monoisotopic (exact) mass is 306 g/mol. The Labute approximate surface area is 132 Å².